The van der Waals surface area contributed by atoms with Crippen molar-refractivity contribution in [2.75, 3.05) is 11.1 Å². The van der Waals surface area contributed by atoms with Crippen LogP contribution in [-0.2, 0) is 17.4 Å². The van der Waals surface area contributed by atoms with Crippen molar-refractivity contribution in [3.05, 3.63) is 28.7 Å². The number of rotatable bonds is 5. The highest BCUT2D eigenvalue weighted by atomic mass is 35.5. The van der Waals surface area contributed by atoms with Crippen molar-refractivity contribution in [1.82, 2.24) is 20.2 Å². The molecule has 0 saturated carbocycles. The van der Waals surface area contributed by atoms with Gasteiger partial charge in [0.25, 0.3) is 0 Å². The Morgan fingerprint density at radius 1 is 1.48 bits per heavy atom. The summed E-state index contributed by atoms with van der Waals surface area (Å²) < 4.78 is 37.5. The number of H-pyrrole nitrogens is 1. The van der Waals surface area contributed by atoms with E-state index in [0.717, 1.165) is 11.8 Å². The van der Waals surface area contributed by atoms with E-state index in [0.29, 0.717) is 29.7 Å². The monoisotopic (exact) mass is 365 g/mol. The van der Waals surface area contributed by atoms with Crippen LogP contribution in [0.1, 0.15) is 18.3 Å². The molecule has 0 radical (unpaired) electrons. The molecule has 0 bridgehead atoms. The Balaban J connectivity index is 1.94. The summed E-state index contributed by atoms with van der Waals surface area (Å²) in [5, 5.41) is 9.07. The number of carbonyl (C=O) groups is 1. The average Bonchev–Trinajstić information content (AvgIpc) is 2.94. The van der Waals surface area contributed by atoms with Crippen molar-refractivity contribution < 1.29 is 18.0 Å². The molecule has 2 rings (SSSR count). The van der Waals surface area contributed by atoms with Crippen LogP contribution in [0, 0.1) is 0 Å². The van der Waals surface area contributed by atoms with Crippen LogP contribution in [-0.4, -0.2) is 31.8 Å². The van der Waals surface area contributed by atoms with Gasteiger partial charge in [-0.25, -0.2) is 9.97 Å². The molecule has 0 spiro atoms. The second-order valence-electron chi connectivity index (χ2n) is 4.31. The predicted molar refractivity (Wildman–Crippen MR) is 79.4 cm³/mol. The average molecular weight is 366 g/mol. The van der Waals surface area contributed by atoms with E-state index < -0.39 is 17.6 Å². The van der Waals surface area contributed by atoms with Gasteiger partial charge in [0.2, 0.25) is 11.1 Å². The van der Waals surface area contributed by atoms with Crippen LogP contribution in [0.15, 0.2) is 17.4 Å². The van der Waals surface area contributed by atoms with Crippen molar-refractivity contribution in [2.45, 2.75) is 24.7 Å². The Morgan fingerprint density at radius 2 is 2.22 bits per heavy atom. The van der Waals surface area contributed by atoms with E-state index in [9.17, 15) is 18.0 Å². The van der Waals surface area contributed by atoms with E-state index in [1.165, 1.54) is 0 Å². The molecule has 0 saturated heterocycles. The first-order valence-electron chi connectivity index (χ1n) is 6.36. The minimum absolute atomic E-state index is 0.0277. The molecular weight excluding hydrogens is 355 g/mol. The maximum atomic E-state index is 12.5. The van der Waals surface area contributed by atoms with Crippen molar-refractivity contribution in [3.63, 3.8) is 0 Å². The Kier molecular flexibility index (Phi) is 5.47. The van der Waals surface area contributed by atoms with Gasteiger partial charge in [0.05, 0.1) is 16.3 Å². The van der Waals surface area contributed by atoms with Crippen molar-refractivity contribution >= 4 is 35.1 Å². The smallest absolute Gasteiger partial charge is 0.309 e. The predicted octanol–water partition coefficient (Wildman–Crippen LogP) is 3.17. The molecule has 0 atom stereocenters. The fourth-order valence-electron chi connectivity index (χ4n) is 1.48. The number of nitrogens with one attached hydrogen (secondary N) is 2. The summed E-state index contributed by atoms with van der Waals surface area (Å²) in [7, 11) is 0. The van der Waals surface area contributed by atoms with Gasteiger partial charge in [0, 0.05) is 12.6 Å². The molecule has 0 fully saturated rings. The summed E-state index contributed by atoms with van der Waals surface area (Å²) >= 11 is 6.79. The molecule has 6 nitrogen and oxygen atoms in total. The van der Waals surface area contributed by atoms with Gasteiger partial charge in [-0.2, -0.15) is 13.2 Å². The molecule has 23 heavy (non-hydrogen) atoms. The van der Waals surface area contributed by atoms with Gasteiger partial charge in [-0.1, -0.05) is 30.3 Å². The number of anilines is 1. The van der Waals surface area contributed by atoms with E-state index in [1.807, 2.05) is 6.92 Å². The van der Waals surface area contributed by atoms with Gasteiger partial charge in [-0.15, -0.1) is 5.10 Å². The first-order chi connectivity index (χ1) is 10.8. The maximum Gasteiger partial charge on any atom is 0.417 e. The van der Waals surface area contributed by atoms with Gasteiger partial charge in [-0.05, 0) is 6.07 Å². The van der Waals surface area contributed by atoms with Crippen LogP contribution in [0.2, 0.25) is 5.02 Å². The van der Waals surface area contributed by atoms with Crippen LogP contribution in [0.4, 0.5) is 19.0 Å². The lowest BCUT2D eigenvalue weighted by Crippen LogP contribution is -2.16. The summed E-state index contributed by atoms with van der Waals surface area (Å²) in [6.07, 6.45) is -3.25. The zero-order valence-corrected chi connectivity index (χ0v) is 13.3. The number of pyridine rings is 1. The Labute approximate surface area is 138 Å². The molecule has 2 heterocycles. The minimum Gasteiger partial charge on any atom is -0.309 e. The highest BCUT2D eigenvalue weighted by molar-refractivity contribution is 7.99. The van der Waals surface area contributed by atoms with Gasteiger partial charge >= 0.3 is 6.18 Å². The van der Waals surface area contributed by atoms with E-state index >= 15 is 0 Å². The van der Waals surface area contributed by atoms with E-state index in [-0.39, 0.29) is 16.6 Å². The second kappa shape index (κ2) is 7.18. The molecule has 1 amide bonds. The molecule has 11 heteroatoms. The zero-order chi connectivity index (χ0) is 17.0. The first kappa shape index (κ1) is 17.5. The molecular formula is C12H11ClF3N5OS. The molecule has 2 N–H and O–H groups in total. The summed E-state index contributed by atoms with van der Waals surface area (Å²) in [4.78, 5) is 19.4. The van der Waals surface area contributed by atoms with Gasteiger partial charge in [-0.3, -0.25) is 9.89 Å². The number of aromatic nitrogens is 4. The quantitative estimate of drug-likeness (QED) is 0.795. The summed E-state index contributed by atoms with van der Waals surface area (Å²) in [6, 6.07) is 0.708. The van der Waals surface area contributed by atoms with Crippen LogP contribution in [0.3, 0.4) is 0 Å². The standard InChI is InChI=1S/C12H11ClF3N5OS/c1-2-8-18-11(21-20-8)23-5-9(22)19-10-7(13)3-6(4-17-10)12(14,15)16/h3-4H,2,5H2,1H3,(H,17,19,22)(H,18,20,21). The van der Waals surface area contributed by atoms with Crippen LogP contribution >= 0.6 is 23.4 Å². The Bertz CT molecular complexity index is 706. The van der Waals surface area contributed by atoms with Crippen LogP contribution in [0.5, 0.6) is 0 Å². The number of aryl methyl sites for hydroxylation is 1. The van der Waals surface area contributed by atoms with E-state index in [4.69, 9.17) is 11.6 Å². The normalized spacial score (nSPS) is 11.5. The van der Waals surface area contributed by atoms with Crippen LogP contribution < -0.4 is 5.32 Å². The van der Waals surface area contributed by atoms with E-state index in [1.54, 1.807) is 0 Å². The molecule has 0 aromatic carbocycles. The number of aromatic amines is 1. The van der Waals surface area contributed by atoms with Crippen molar-refractivity contribution in [2.24, 2.45) is 0 Å². The Hall–Kier alpha value is -1.81. The highest BCUT2D eigenvalue weighted by Gasteiger charge is 2.31. The zero-order valence-electron chi connectivity index (χ0n) is 11.7. The lowest BCUT2D eigenvalue weighted by Gasteiger charge is -2.09. The summed E-state index contributed by atoms with van der Waals surface area (Å²) in [6.45, 7) is 1.90. The maximum absolute atomic E-state index is 12.5. The second-order valence-corrected chi connectivity index (χ2v) is 5.66. The number of halogens is 4. The lowest BCUT2D eigenvalue weighted by molar-refractivity contribution is -0.137. The topological polar surface area (TPSA) is 83.6 Å². The molecule has 0 aliphatic heterocycles. The molecule has 124 valence electrons. The van der Waals surface area contributed by atoms with Crippen molar-refractivity contribution in [1.29, 1.82) is 0 Å². The Morgan fingerprint density at radius 3 is 2.78 bits per heavy atom. The molecule has 0 aliphatic carbocycles. The van der Waals surface area contributed by atoms with Crippen LogP contribution in [0.25, 0.3) is 0 Å². The molecule has 2 aromatic heterocycles. The third kappa shape index (κ3) is 4.83. The van der Waals surface area contributed by atoms with Gasteiger partial charge in [0.15, 0.2) is 5.82 Å². The number of amides is 1. The third-order valence-corrected chi connectivity index (χ3v) is 3.74. The number of alkyl halides is 3. The number of carbonyl (C=O) groups excluding carboxylic acids is 1. The summed E-state index contributed by atoms with van der Waals surface area (Å²) in [5.41, 5.74) is -0.984. The van der Waals surface area contributed by atoms with Crippen molar-refractivity contribution in [3.8, 4) is 0 Å². The minimum atomic E-state index is -4.54. The fraction of sp³-hybridized carbons (Fsp3) is 0.333. The van der Waals surface area contributed by atoms with Gasteiger partial charge < -0.3 is 5.32 Å². The first-order valence-corrected chi connectivity index (χ1v) is 7.72. The number of hydrogen-bond acceptors (Lipinski definition) is 5. The third-order valence-electron chi connectivity index (χ3n) is 2.60. The fourth-order valence-corrected chi connectivity index (χ4v) is 2.31. The molecule has 0 unspecified atom stereocenters. The van der Waals surface area contributed by atoms with E-state index in [2.05, 4.69) is 25.5 Å². The SMILES string of the molecule is CCc1nc(SCC(=O)Nc2ncc(C(F)(F)F)cc2Cl)n[nH]1. The number of thioether (sulfide) groups is 1. The largest absolute Gasteiger partial charge is 0.417 e. The number of nitrogens with zero attached hydrogens (tertiary/aromatic N) is 3. The highest BCUT2D eigenvalue weighted by Crippen LogP contribution is 2.32. The molecule has 0 aliphatic rings. The lowest BCUT2D eigenvalue weighted by atomic mass is 10.3. The summed E-state index contributed by atoms with van der Waals surface area (Å²) in [5.74, 6) is 0.0573. The number of hydrogen-bond donors (Lipinski definition) is 2. The van der Waals surface area contributed by atoms with Gasteiger partial charge in [0.1, 0.15) is 5.82 Å². The molecule has 2 aromatic rings.